The molecule has 0 aliphatic carbocycles. The summed E-state index contributed by atoms with van der Waals surface area (Å²) in [4.78, 5) is 4.36. The number of pyridine rings is 1. The Morgan fingerprint density at radius 1 is 1.16 bits per heavy atom. The van der Waals surface area contributed by atoms with E-state index in [1.54, 1.807) is 0 Å². The maximum atomic E-state index is 6.27. The van der Waals surface area contributed by atoms with E-state index in [-0.39, 0.29) is 12.1 Å². The van der Waals surface area contributed by atoms with Crippen molar-refractivity contribution < 1.29 is 0 Å². The third-order valence-corrected chi connectivity index (χ3v) is 3.88. The lowest BCUT2D eigenvalue weighted by molar-refractivity contribution is 0.486. The quantitative estimate of drug-likeness (QED) is 0.856. The Balaban J connectivity index is 2.10. The molecule has 19 heavy (non-hydrogen) atoms. The second kappa shape index (κ2) is 6.51. The van der Waals surface area contributed by atoms with E-state index in [0.29, 0.717) is 0 Å². The predicted octanol–water partition coefficient (Wildman–Crippen LogP) is 4.91. The van der Waals surface area contributed by atoms with Gasteiger partial charge in [0.05, 0.1) is 5.69 Å². The summed E-state index contributed by atoms with van der Waals surface area (Å²) in [5.74, 6) is 0. The highest BCUT2D eigenvalue weighted by Crippen LogP contribution is 2.27. The second-order valence-corrected chi connectivity index (χ2v) is 5.85. The van der Waals surface area contributed by atoms with E-state index in [9.17, 15) is 0 Å². The molecule has 2 nitrogen and oxygen atoms in total. The summed E-state index contributed by atoms with van der Waals surface area (Å²) in [6, 6.07) is 12.2. The zero-order chi connectivity index (χ0) is 13.8. The summed E-state index contributed by atoms with van der Waals surface area (Å²) < 4.78 is 0.992. The first kappa shape index (κ1) is 14.5. The molecule has 1 heterocycles. The third-order valence-electron chi connectivity index (χ3n) is 3.06. The van der Waals surface area contributed by atoms with Crippen LogP contribution in [0.2, 0.25) is 5.02 Å². The minimum absolute atomic E-state index is 0.164. The molecular weight excluding hydrogens is 324 g/mol. The normalized spacial score (nSPS) is 14.1. The van der Waals surface area contributed by atoms with Crippen molar-refractivity contribution in [2.45, 2.75) is 25.9 Å². The number of nitrogens with zero attached hydrogens (tertiary/aromatic N) is 1. The van der Waals surface area contributed by atoms with Gasteiger partial charge in [-0.1, -0.05) is 39.7 Å². The first-order valence-electron chi connectivity index (χ1n) is 6.20. The zero-order valence-corrected chi connectivity index (χ0v) is 13.2. The molecule has 0 saturated carbocycles. The molecule has 0 spiro atoms. The Morgan fingerprint density at radius 2 is 1.95 bits per heavy atom. The van der Waals surface area contributed by atoms with Gasteiger partial charge in [0.15, 0.2) is 0 Å². The molecule has 4 heteroatoms. The number of hydrogen-bond acceptors (Lipinski definition) is 2. The number of rotatable bonds is 4. The van der Waals surface area contributed by atoms with E-state index in [1.165, 1.54) is 0 Å². The van der Waals surface area contributed by atoms with Gasteiger partial charge in [-0.2, -0.15) is 0 Å². The molecule has 1 N–H and O–H groups in total. The van der Waals surface area contributed by atoms with Gasteiger partial charge in [-0.3, -0.25) is 4.98 Å². The summed E-state index contributed by atoms with van der Waals surface area (Å²) >= 11 is 9.69. The van der Waals surface area contributed by atoms with Crippen molar-refractivity contribution in [1.82, 2.24) is 10.3 Å². The molecule has 0 aliphatic rings. The van der Waals surface area contributed by atoms with Crippen LogP contribution in [0.5, 0.6) is 0 Å². The van der Waals surface area contributed by atoms with E-state index >= 15 is 0 Å². The number of halogens is 2. The van der Waals surface area contributed by atoms with Crippen LogP contribution in [0.3, 0.4) is 0 Å². The predicted molar refractivity (Wildman–Crippen MR) is 83.4 cm³/mol. The van der Waals surface area contributed by atoms with Crippen LogP contribution in [0, 0.1) is 0 Å². The van der Waals surface area contributed by atoms with Crippen LogP contribution in [-0.2, 0) is 0 Å². The van der Waals surface area contributed by atoms with Gasteiger partial charge in [0.2, 0.25) is 0 Å². The molecular formula is C15H16BrClN2. The molecule has 2 rings (SSSR count). The molecule has 0 bridgehead atoms. The van der Waals surface area contributed by atoms with Crippen LogP contribution in [-0.4, -0.2) is 4.98 Å². The van der Waals surface area contributed by atoms with Crippen molar-refractivity contribution in [2.24, 2.45) is 0 Å². The van der Waals surface area contributed by atoms with Crippen molar-refractivity contribution >= 4 is 27.5 Å². The summed E-state index contributed by atoms with van der Waals surface area (Å²) in [6.45, 7) is 4.21. The fourth-order valence-electron chi connectivity index (χ4n) is 2.03. The van der Waals surface area contributed by atoms with Gasteiger partial charge in [-0.15, -0.1) is 0 Å². The lowest BCUT2D eigenvalue weighted by Crippen LogP contribution is -2.23. The van der Waals surface area contributed by atoms with Gasteiger partial charge in [0.25, 0.3) is 0 Å². The molecule has 0 amide bonds. The Bertz CT molecular complexity index is 545. The molecule has 0 fully saturated rings. The molecule has 0 radical (unpaired) electrons. The van der Waals surface area contributed by atoms with Crippen LogP contribution >= 0.6 is 27.5 Å². The van der Waals surface area contributed by atoms with E-state index in [1.807, 2.05) is 42.6 Å². The summed E-state index contributed by atoms with van der Waals surface area (Å²) in [6.07, 6.45) is 1.81. The average Bonchev–Trinajstić information content (AvgIpc) is 2.39. The van der Waals surface area contributed by atoms with Crippen LogP contribution < -0.4 is 5.32 Å². The van der Waals surface area contributed by atoms with Gasteiger partial charge < -0.3 is 5.32 Å². The highest BCUT2D eigenvalue weighted by atomic mass is 79.9. The third kappa shape index (κ3) is 3.78. The van der Waals surface area contributed by atoms with Crippen molar-refractivity contribution in [3.8, 4) is 0 Å². The maximum absolute atomic E-state index is 6.27. The van der Waals surface area contributed by atoms with Crippen molar-refractivity contribution in [1.29, 1.82) is 0 Å². The maximum Gasteiger partial charge on any atom is 0.0570 e. The highest BCUT2D eigenvalue weighted by Gasteiger charge is 2.14. The fraction of sp³-hybridized carbons (Fsp3) is 0.267. The van der Waals surface area contributed by atoms with Crippen LogP contribution in [0.15, 0.2) is 47.1 Å². The molecule has 2 aromatic rings. The van der Waals surface area contributed by atoms with E-state index in [2.05, 4.69) is 40.1 Å². The van der Waals surface area contributed by atoms with Gasteiger partial charge in [0.1, 0.15) is 0 Å². The fourth-order valence-corrected chi connectivity index (χ4v) is 2.87. The van der Waals surface area contributed by atoms with E-state index < -0.39 is 0 Å². The second-order valence-electron chi connectivity index (χ2n) is 4.53. The number of aromatic nitrogens is 1. The molecule has 0 aliphatic heterocycles. The van der Waals surface area contributed by atoms with Gasteiger partial charge in [-0.25, -0.2) is 0 Å². The topological polar surface area (TPSA) is 24.9 Å². The number of nitrogens with one attached hydrogen (secondary N) is 1. The van der Waals surface area contributed by atoms with Crippen molar-refractivity contribution in [3.05, 3.63) is 63.3 Å². The smallest absolute Gasteiger partial charge is 0.0570 e. The Labute approximate surface area is 127 Å². The Morgan fingerprint density at radius 3 is 2.58 bits per heavy atom. The highest BCUT2D eigenvalue weighted by molar-refractivity contribution is 9.10. The van der Waals surface area contributed by atoms with E-state index in [4.69, 9.17) is 11.6 Å². The summed E-state index contributed by atoms with van der Waals surface area (Å²) in [5, 5.41) is 4.28. The molecule has 2 atom stereocenters. The minimum Gasteiger partial charge on any atom is -0.302 e. The van der Waals surface area contributed by atoms with Crippen LogP contribution in [0.25, 0.3) is 0 Å². The zero-order valence-electron chi connectivity index (χ0n) is 10.9. The van der Waals surface area contributed by atoms with E-state index in [0.717, 1.165) is 20.8 Å². The largest absolute Gasteiger partial charge is 0.302 e. The van der Waals surface area contributed by atoms with Gasteiger partial charge >= 0.3 is 0 Å². The van der Waals surface area contributed by atoms with Crippen LogP contribution in [0.4, 0.5) is 0 Å². The lowest BCUT2D eigenvalue weighted by atomic mass is 10.1. The Hall–Kier alpha value is -0.900. The molecule has 1 aromatic heterocycles. The lowest BCUT2D eigenvalue weighted by Gasteiger charge is -2.21. The molecule has 0 saturated heterocycles. The first-order chi connectivity index (χ1) is 9.08. The first-order valence-corrected chi connectivity index (χ1v) is 7.37. The van der Waals surface area contributed by atoms with Crippen molar-refractivity contribution in [2.75, 3.05) is 0 Å². The molecule has 1 unspecified atom stereocenters. The SMILES string of the molecule is CC(N[C@@H](C)c1ccccn1)c1ccc(Br)cc1Cl. The van der Waals surface area contributed by atoms with Crippen LogP contribution in [0.1, 0.15) is 37.2 Å². The summed E-state index contributed by atoms with van der Waals surface area (Å²) in [5.41, 5.74) is 2.12. The van der Waals surface area contributed by atoms with Gasteiger partial charge in [-0.05, 0) is 43.7 Å². The Kier molecular flexibility index (Phi) is 4.97. The number of benzene rings is 1. The molecule has 100 valence electrons. The monoisotopic (exact) mass is 338 g/mol. The molecule has 1 aromatic carbocycles. The standard InChI is InChI=1S/C15H16BrClN2/c1-10(13-7-6-12(16)9-14(13)17)19-11(2)15-5-3-4-8-18-15/h3-11,19H,1-2H3/t10?,11-/m0/s1. The number of hydrogen-bond donors (Lipinski definition) is 1. The summed E-state index contributed by atoms with van der Waals surface area (Å²) in [7, 11) is 0. The average molecular weight is 340 g/mol. The van der Waals surface area contributed by atoms with Crippen molar-refractivity contribution in [3.63, 3.8) is 0 Å². The van der Waals surface area contributed by atoms with Gasteiger partial charge in [0, 0.05) is 27.8 Å². The minimum atomic E-state index is 0.164.